The van der Waals surface area contributed by atoms with Gasteiger partial charge in [0.15, 0.2) is 0 Å². The third-order valence-electron chi connectivity index (χ3n) is 1.77. The number of nitrogens with zero attached hydrogens (tertiary/aromatic N) is 2. The lowest BCUT2D eigenvalue weighted by Gasteiger charge is -2.04. The lowest BCUT2D eigenvalue weighted by atomic mass is 10.3. The average molecular weight is 208 g/mol. The van der Waals surface area contributed by atoms with Crippen LogP contribution < -0.4 is 5.56 Å². The fourth-order valence-electron chi connectivity index (χ4n) is 1.16. The number of rotatable bonds is 3. The van der Waals surface area contributed by atoms with Gasteiger partial charge < -0.3 is 5.11 Å². The third-order valence-corrected chi connectivity index (χ3v) is 1.77. The van der Waals surface area contributed by atoms with E-state index in [0.29, 0.717) is 5.57 Å². The van der Waals surface area contributed by atoms with E-state index in [0.717, 1.165) is 11.8 Å². The first-order valence-electron chi connectivity index (χ1n) is 4.44. The van der Waals surface area contributed by atoms with Crippen molar-refractivity contribution in [3.63, 3.8) is 0 Å². The van der Waals surface area contributed by atoms with Gasteiger partial charge in [-0.1, -0.05) is 0 Å². The number of hydrogen-bond donors (Lipinski definition) is 1. The maximum atomic E-state index is 11.3. The molecule has 1 N–H and O–H groups in total. The molecule has 0 aliphatic carbocycles. The van der Waals surface area contributed by atoms with Crippen LogP contribution in [0.3, 0.4) is 0 Å². The molecule has 0 bridgehead atoms. The van der Waals surface area contributed by atoms with Gasteiger partial charge in [-0.2, -0.15) is 5.10 Å². The van der Waals surface area contributed by atoms with Crippen molar-refractivity contribution in [2.45, 2.75) is 20.4 Å². The molecule has 0 atom stereocenters. The standard InChI is InChI=1S/C10H12N2O3/c1-7(5-10(14)15)6-12-9(13)4-3-8(2)11-12/h3-5H,6H2,1-2H3,(H,14,15). The van der Waals surface area contributed by atoms with E-state index >= 15 is 0 Å². The minimum absolute atomic E-state index is 0.201. The van der Waals surface area contributed by atoms with E-state index < -0.39 is 5.97 Å². The summed E-state index contributed by atoms with van der Waals surface area (Å²) in [6.45, 7) is 3.61. The number of aliphatic carboxylic acids is 1. The normalized spacial score (nSPS) is 11.5. The fraction of sp³-hybridized carbons (Fsp3) is 0.300. The lowest BCUT2D eigenvalue weighted by Crippen LogP contribution is -2.23. The van der Waals surface area contributed by atoms with Crippen molar-refractivity contribution >= 4 is 5.97 Å². The van der Waals surface area contributed by atoms with Crippen LogP contribution in [0.2, 0.25) is 0 Å². The van der Waals surface area contributed by atoms with Gasteiger partial charge in [0.2, 0.25) is 0 Å². The van der Waals surface area contributed by atoms with Gasteiger partial charge in [-0.05, 0) is 25.5 Å². The molecule has 0 saturated heterocycles. The molecule has 0 unspecified atom stereocenters. The Labute approximate surface area is 86.7 Å². The minimum Gasteiger partial charge on any atom is -0.478 e. The molecule has 0 fully saturated rings. The van der Waals surface area contributed by atoms with Crippen LogP contribution in [0.15, 0.2) is 28.6 Å². The summed E-state index contributed by atoms with van der Waals surface area (Å²) in [7, 11) is 0. The number of allylic oxidation sites excluding steroid dienone is 1. The van der Waals surface area contributed by atoms with Crippen molar-refractivity contribution in [1.82, 2.24) is 9.78 Å². The van der Waals surface area contributed by atoms with E-state index in [4.69, 9.17) is 5.11 Å². The van der Waals surface area contributed by atoms with Gasteiger partial charge in [0.25, 0.3) is 5.56 Å². The van der Waals surface area contributed by atoms with Crippen molar-refractivity contribution in [2.75, 3.05) is 0 Å². The first kappa shape index (κ1) is 11.2. The molecule has 1 rings (SSSR count). The molecule has 0 amide bonds. The monoisotopic (exact) mass is 208 g/mol. The number of carboxylic acid groups (broad SMARTS) is 1. The summed E-state index contributed by atoms with van der Waals surface area (Å²) in [6, 6.07) is 3.03. The zero-order chi connectivity index (χ0) is 11.4. The number of aryl methyl sites for hydroxylation is 1. The summed E-state index contributed by atoms with van der Waals surface area (Å²) in [5.74, 6) is -1.02. The Morgan fingerprint density at radius 1 is 1.60 bits per heavy atom. The van der Waals surface area contributed by atoms with Crippen molar-refractivity contribution < 1.29 is 9.90 Å². The zero-order valence-corrected chi connectivity index (χ0v) is 8.60. The summed E-state index contributed by atoms with van der Waals surface area (Å²) < 4.78 is 1.24. The van der Waals surface area contributed by atoms with E-state index in [-0.39, 0.29) is 12.1 Å². The topological polar surface area (TPSA) is 72.2 Å². The highest BCUT2D eigenvalue weighted by Crippen LogP contribution is 1.95. The predicted octanol–water partition coefficient (Wildman–Crippen LogP) is 0.583. The van der Waals surface area contributed by atoms with Crippen LogP contribution in [0.4, 0.5) is 0 Å². The highest BCUT2D eigenvalue weighted by atomic mass is 16.4. The van der Waals surface area contributed by atoms with Crippen LogP contribution in [0.5, 0.6) is 0 Å². The second kappa shape index (κ2) is 4.54. The maximum Gasteiger partial charge on any atom is 0.328 e. The Morgan fingerprint density at radius 2 is 2.27 bits per heavy atom. The molecular weight excluding hydrogens is 196 g/mol. The Hall–Kier alpha value is -1.91. The Balaban J connectivity index is 2.94. The van der Waals surface area contributed by atoms with Crippen molar-refractivity contribution in [3.05, 3.63) is 39.8 Å². The molecule has 0 aliphatic heterocycles. The SMILES string of the molecule is CC(=CC(=O)O)Cn1nc(C)ccc1=O. The molecule has 0 aliphatic rings. The van der Waals surface area contributed by atoms with Crippen molar-refractivity contribution in [3.8, 4) is 0 Å². The van der Waals surface area contributed by atoms with Crippen LogP contribution in [-0.4, -0.2) is 20.9 Å². The molecule has 1 heterocycles. The lowest BCUT2D eigenvalue weighted by molar-refractivity contribution is -0.131. The number of carbonyl (C=O) groups is 1. The minimum atomic E-state index is -1.02. The molecule has 1 aromatic heterocycles. The second-order valence-corrected chi connectivity index (χ2v) is 3.30. The fourth-order valence-corrected chi connectivity index (χ4v) is 1.16. The molecule has 0 radical (unpaired) electrons. The predicted molar refractivity (Wildman–Crippen MR) is 54.6 cm³/mol. The largest absolute Gasteiger partial charge is 0.478 e. The Bertz CT molecular complexity index is 460. The van der Waals surface area contributed by atoms with Gasteiger partial charge in [-0.25, -0.2) is 9.48 Å². The zero-order valence-electron chi connectivity index (χ0n) is 8.60. The van der Waals surface area contributed by atoms with E-state index in [2.05, 4.69) is 5.10 Å². The quantitative estimate of drug-likeness (QED) is 0.737. The molecule has 1 aromatic rings. The van der Waals surface area contributed by atoms with E-state index in [1.165, 1.54) is 10.7 Å². The third kappa shape index (κ3) is 3.38. The van der Waals surface area contributed by atoms with Crippen LogP contribution in [-0.2, 0) is 11.3 Å². The Kier molecular flexibility index (Phi) is 3.38. The maximum absolute atomic E-state index is 11.3. The van der Waals surface area contributed by atoms with Crippen LogP contribution in [0.1, 0.15) is 12.6 Å². The van der Waals surface area contributed by atoms with Gasteiger partial charge in [-0.15, -0.1) is 0 Å². The highest BCUT2D eigenvalue weighted by Gasteiger charge is 2.00. The summed E-state index contributed by atoms with van der Waals surface area (Å²) in [5.41, 5.74) is 1.05. The van der Waals surface area contributed by atoms with E-state index in [9.17, 15) is 9.59 Å². The summed E-state index contributed by atoms with van der Waals surface area (Å²) in [5, 5.41) is 12.5. The molecule has 80 valence electrons. The van der Waals surface area contributed by atoms with E-state index in [1.54, 1.807) is 19.9 Å². The van der Waals surface area contributed by atoms with Gasteiger partial charge in [0.1, 0.15) is 0 Å². The average Bonchev–Trinajstić information content (AvgIpc) is 2.10. The van der Waals surface area contributed by atoms with Gasteiger partial charge in [0, 0.05) is 12.1 Å². The second-order valence-electron chi connectivity index (χ2n) is 3.30. The van der Waals surface area contributed by atoms with Gasteiger partial charge in [0.05, 0.1) is 12.2 Å². The molecule has 5 nitrogen and oxygen atoms in total. The number of carboxylic acids is 1. The van der Waals surface area contributed by atoms with Crippen LogP contribution in [0, 0.1) is 6.92 Å². The first-order chi connectivity index (χ1) is 6.99. The first-order valence-corrected chi connectivity index (χ1v) is 4.44. The Morgan fingerprint density at radius 3 is 2.87 bits per heavy atom. The van der Waals surface area contributed by atoms with Gasteiger partial charge in [-0.3, -0.25) is 4.79 Å². The van der Waals surface area contributed by atoms with Crippen LogP contribution in [0.25, 0.3) is 0 Å². The summed E-state index contributed by atoms with van der Waals surface area (Å²) in [6.07, 6.45) is 1.07. The molecular formula is C10H12N2O3. The van der Waals surface area contributed by atoms with Gasteiger partial charge >= 0.3 is 5.97 Å². The molecule has 0 saturated carbocycles. The van der Waals surface area contributed by atoms with E-state index in [1.807, 2.05) is 0 Å². The molecule has 15 heavy (non-hydrogen) atoms. The highest BCUT2D eigenvalue weighted by molar-refractivity contribution is 5.80. The number of hydrogen-bond acceptors (Lipinski definition) is 3. The smallest absolute Gasteiger partial charge is 0.328 e. The van der Waals surface area contributed by atoms with Crippen molar-refractivity contribution in [1.29, 1.82) is 0 Å². The summed E-state index contributed by atoms with van der Waals surface area (Å²) in [4.78, 5) is 21.7. The molecule has 0 aromatic carbocycles. The van der Waals surface area contributed by atoms with Crippen molar-refractivity contribution in [2.24, 2.45) is 0 Å². The summed E-state index contributed by atoms with van der Waals surface area (Å²) >= 11 is 0. The molecule has 5 heteroatoms. The molecule has 0 spiro atoms. The van der Waals surface area contributed by atoms with Crippen LogP contribution >= 0.6 is 0 Å². The number of aromatic nitrogens is 2.